The van der Waals surface area contributed by atoms with Crippen LogP contribution >= 0.6 is 11.6 Å². The second-order valence-corrected chi connectivity index (χ2v) is 7.36. The lowest BCUT2D eigenvalue weighted by atomic mass is 9.77. The molecule has 0 saturated heterocycles. The number of anilines is 1. The molecule has 0 aromatic heterocycles. The van der Waals surface area contributed by atoms with E-state index in [1.165, 1.54) is 23.1 Å². The third-order valence-electron chi connectivity index (χ3n) is 5.25. The number of rotatable bonds is 3. The molecule has 0 saturated carbocycles. The summed E-state index contributed by atoms with van der Waals surface area (Å²) in [7, 11) is 0. The summed E-state index contributed by atoms with van der Waals surface area (Å²) in [5.74, 6) is -0.573. The fourth-order valence-electron chi connectivity index (χ4n) is 4.07. The number of ketones is 1. The molecule has 2 aliphatic rings. The fourth-order valence-corrected chi connectivity index (χ4v) is 4.24. The van der Waals surface area contributed by atoms with Gasteiger partial charge in [0.1, 0.15) is 5.69 Å². The van der Waals surface area contributed by atoms with Crippen LogP contribution in [0.5, 0.6) is 0 Å². The van der Waals surface area contributed by atoms with Gasteiger partial charge in [0.15, 0.2) is 5.78 Å². The fraction of sp³-hybridized carbons (Fsp3) is 0.238. The highest BCUT2D eigenvalue weighted by Crippen LogP contribution is 2.45. The number of nitrogens with zero attached hydrogens (tertiary/aromatic N) is 2. The van der Waals surface area contributed by atoms with Gasteiger partial charge in [-0.3, -0.25) is 24.6 Å². The van der Waals surface area contributed by atoms with Gasteiger partial charge < -0.3 is 0 Å². The van der Waals surface area contributed by atoms with Crippen LogP contribution in [0.4, 0.5) is 11.4 Å². The zero-order valence-corrected chi connectivity index (χ0v) is 15.7. The van der Waals surface area contributed by atoms with Gasteiger partial charge in [-0.2, -0.15) is 0 Å². The van der Waals surface area contributed by atoms with Crippen LogP contribution in [0.3, 0.4) is 0 Å². The zero-order chi connectivity index (χ0) is 19.8. The van der Waals surface area contributed by atoms with Crippen molar-refractivity contribution in [3.8, 4) is 0 Å². The van der Waals surface area contributed by atoms with Gasteiger partial charge in [-0.1, -0.05) is 41.9 Å². The number of carbonyl (C=O) groups is 2. The number of allylic oxidation sites excluding steroid dienone is 2. The highest BCUT2D eigenvalue weighted by molar-refractivity contribution is 6.31. The predicted octanol–water partition coefficient (Wildman–Crippen LogP) is 4.78. The van der Waals surface area contributed by atoms with Crippen molar-refractivity contribution in [1.29, 1.82) is 0 Å². The van der Waals surface area contributed by atoms with E-state index < -0.39 is 4.92 Å². The lowest BCUT2D eigenvalue weighted by Gasteiger charge is -2.38. The van der Waals surface area contributed by atoms with E-state index in [0.29, 0.717) is 30.5 Å². The summed E-state index contributed by atoms with van der Waals surface area (Å²) in [6, 6.07) is 13.7. The maximum atomic E-state index is 13.1. The molecular formula is C21H17ClN2O4. The highest BCUT2D eigenvalue weighted by atomic mass is 35.5. The molecule has 1 aliphatic heterocycles. The van der Waals surface area contributed by atoms with E-state index in [-0.39, 0.29) is 40.4 Å². The van der Waals surface area contributed by atoms with Crippen LogP contribution in [0.25, 0.3) is 0 Å². The number of Topliss-reactive ketones (excluding diaryl/α,β-unsaturated/α-hetero) is 1. The van der Waals surface area contributed by atoms with Crippen molar-refractivity contribution < 1.29 is 14.5 Å². The second kappa shape index (κ2) is 7.20. The van der Waals surface area contributed by atoms with E-state index in [9.17, 15) is 19.7 Å². The van der Waals surface area contributed by atoms with E-state index in [0.717, 1.165) is 5.56 Å². The Morgan fingerprint density at radius 2 is 1.82 bits per heavy atom. The Bertz CT molecular complexity index is 1020. The van der Waals surface area contributed by atoms with E-state index in [2.05, 4.69) is 0 Å². The molecule has 7 heteroatoms. The number of hydrogen-bond acceptors (Lipinski definition) is 4. The van der Waals surface area contributed by atoms with Crippen LogP contribution in [-0.4, -0.2) is 16.6 Å². The summed E-state index contributed by atoms with van der Waals surface area (Å²) in [5, 5.41) is 11.8. The summed E-state index contributed by atoms with van der Waals surface area (Å²) in [6.07, 6.45) is 1.65. The molecule has 1 atom stereocenters. The lowest BCUT2D eigenvalue weighted by molar-refractivity contribution is -0.384. The Hall–Kier alpha value is -2.99. The van der Waals surface area contributed by atoms with Crippen molar-refractivity contribution in [3.05, 3.63) is 80.5 Å². The van der Waals surface area contributed by atoms with Crippen LogP contribution in [0, 0.1) is 10.1 Å². The molecule has 1 heterocycles. The molecule has 0 spiro atoms. The minimum atomic E-state index is -0.553. The van der Waals surface area contributed by atoms with Gasteiger partial charge in [0.2, 0.25) is 5.91 Å². The minimum Gasteiger partial charge on any atom is -0.294 e. The molecule has 4 rings (SSSR count). The van der Waals surface area contributed by atoms with Crippen molar-refractivity contribution in [3.63, 3.8) is 0 Å². The Morgan fingerprint density at radius 1 is 1.07 bits per heavy atom. The Balaban J connectivity index is 1.91. The average molecular weight is 397 g/mol. The first kappa shape index (κ1) is 18.4. The number of amides is 1. The van der Waals surface area contributed by atoms with Crippen LogP contribution in [-0.2, 0) is 9.59 Å². The summed E-state index contributed by atoms with van der Waals surface area (Å²) < 4.78 is 0. The molecule has 142 valence electrons. The first-order valence-corrected chi connectivity index (χ1v) is 9.43. The monoisotopic (exact) mass is 396 g/mol. The molecule has 1 unspecified atom stereocenters. The molecule has 0 N–H and O–H groups in total. The number of hydrogen-bond donors (Lipinski definition) is 0. The number of nitro groups is 1. The van der Waals surface area contributed by atoms with E-state index in [4.69, 9.17) is 11.6 Å². The van der Waals surface area contributed by atoms with E-state index in [1.54, 1.807) is 0 Å². The van der Waals surface area contributed by atoms with Gasteiger partial charge in [0, 0.05) is 41.1 Å². The maximum Gasteiger partial charge on any atom is 0.294 e. The number of benzene rings is 2. The standard InChI is InChI=1S/C21H17ClN2O4/c22-14-9-10-16(18(11-14)24(27)28)23-17-7-4-8-19(25)21(17)15(12-20(23)26)13-5-2-1-3-6-13/h1-3,5-6,9-11,15H,4,7-8,12H2. The maximum absolute atomic E-state index is 13.1. The SMILES string of the molecule is O=C1CCCC2=C1C(c1ccccc1)CC(=O)N2c1ccc(Cl)cc1[N+](=O)[O-]. The Labute approximate surface area is 166 Å². The van der Waals surface area contributed by atoms with Crippen LogP contribution in [0.2, 0.25) is 5.02 Å². The molecule has 2 aromatic carbocycles. The van der Waals surface area contributed by atoms with Gasteiger partial charge in [0.25, 0.3) is 5.69 Å². The third kappa shape index (κ3) is 3.10. The Kier molecular flexibility index (Phi) is 4.73. The molecule has 0 fully saturated rings. The van der Waals surface area contributed by atoms with Gasteiger partial charge in [-0.05, 0) is 30.5 Å². The summed E-state index contributed by atoms with van der Waals surface area (Å²) in [6.45, 7) is 0. The smallest absolute Gasteiger partial charge is 0.294 e. The Morgan fingerprint density at radius 3 is 2.54 bits per heavy atom. The van der Waals surface area contributed by atoms with Crippen LogP contribution in [0.1, 0.15) is 37.2 Å². The largest absolute Gasteiger partial charge is 0.294 e. The number of nitro benzene ring substituents is 1. The highest BCUT2D eigenvalue weighted by Gasteiger charge is 2.41. The topological polar surface area (TPSA) is 80.5 Å². The molecule has 6 nitrogen and oxygen atoms in total. The first-order chi connectivity index (χ1) is 13.5. The van der Waals surface area contributed by atoms with Crippen molar-refractivity contribution in [2.24, 2.45) is 0 Å². The van der Waals surface area contributed by atoms with Crippen LogP contribution in [0.15, 0.2) is 59.8 Å². The van der Waals surface area contributed by atoms with Gasteiger partial charge in [-0.15, -0.1) is 0 Å². The third-order valence-corrected chi connectivity index (χ3v) is 5.49. The predicted molar refractivity (Wildman–Crippen MR) is 105 cm³/mol. The molecule has 1 aliphatic carbocycles. The van der Waals surface area contributed by atoms with Crippen molar-refractivity contribution in [1.82, 2.24) is 0 Å². The minimum absolute atomic E-state index is 0.00391. The average Bonchev–Trinajstić information content (AvgIpc) is 2.68. The van der Waals surface area contributed by atoms with Crippen molar-refractivity contribution in [2.45, 2.75) is 31.6 Å². The van der Waals surface area contributed by atoms with E-state index in [1.807, 2.05) is 30.3 Å². The molecule has 2 aromatic rings. The van der Waals surface area contributed by atoms with Gasteiger partial charge in [-0.25, -0.2) is 0 Å². The molecule has 28 heavy (non-hydrogen) atoms. The molecule has 0 bridgehead atoms. The summed E-state index contributed by atoms with van der Waals surface area (Å²) in [4.78, 5) is 38.3. The lowest BCUT2D eigenvalue weighted by Crippen LogP contribution is -2.40. The summed E-state index contributed by atoms with van der Waals surface area (Å²) in [5.41, 5.74) is 1.99. The second-order valence-electron chi connectivity index (χ2n) is 6.92. The number of halogens is 1. The molecule has 0 radical (unpaired) electrons. The van der Waals surface area contributed by atoms with Gasteiger partial charge >= 0.3 is 0 Å². The van der Waals surface area contributed by atoms with Gasteiger partial charge in [0.05, 0.1) is 4.92 Å². The van der Waals surface area contributed by atoms with E-state index >= 15 is 0 Å². The first-order valence-electron chi connectivity index (χ1n) is 9.05. The number of carbonyl (C=O) groups excluding carboxylic acids is 2. The molecular weight excluding hydrogens is 380 g/mol. The molecule has 1 amide bonds. The van der Waals surface area contributed by atoms with Crippen molar-refractivity contribution >= 4 is 34.7 Å². The summed E-state index contributed by atoms with van der Waals surface area (Å²) >= 11 is 5.93. The zero-order valence-electron chi connectivity index (χ0n) is 14.9. The van der Waals surface area contributed by atoms with Crippen LogP contribution < -0.4 is 4.90 Å². The van der Waals surface area contributed by atoms with Crippen molar-refractivity contribution in [2.75, 3.05) is 4.90 Å². The quantitative estimate of drug-likeness (QED) is 0.552. The normalized spacial score (nSPS) is 19.6.